The Bertz CT molecular complexity index is 704. The fourth-order valence-electron chi connectivity index (χ4n) is 2.29. The van der Waals surface area contributed by atoms with E-state index >= 15 is 0 Å². The fourth-order valence-corrected chi connectivity index (χ4v) is 2.29. The Labute approximate surface area is 134 Å². The Hall–Kier alpha value is -2.38. The summed E-state index contributed by atoms with van der Waals surface area (Å²) in [6.45, 7) is 0. The van der Waals surface area contributed by atoms with Gasteiger partial charge in [-0.2, -0.15) is 13.2 Å². The summed E-state index contributed by atoms with van der Waals surface area (Å²) in [6.07, 6.45) is -9.47. The Morgan fingerprint density at radius 3 is 1.88 bits per heavy atom. The normalized spacial score (nSPS) is 12.2. The number of nitrogens with zero attached hydrogens (tertiary/aromatic N) is 1. The molecule has 0 aliphatic carbocycles. The molecular formula is C16H13F6NO. The van der Waals surface area contributed by atoms with Crippen LogP contribution in [0.4, 0.5) is 32.0 Å². The number of rotatable bonds is 3. The third-order valence-electron chi connectivity index (χ3n) is 3.21. The summed E-state index contributed by atoms with van der Waals surface area (Å²) in [5.74, 6) is -0.497. The number of hydrogen-bond donors (Lipinski definition) is 0. The van der Waals surface area contributed by atoms with Gasteiger partial charge in [-0.1, -0.05) is 24.3 Å². The Kier molecular flexibility index (Phi) is 4.68. The Morgan fingerprint density at radius 1 is 0.833 bits per heavy atom. The molecule has 2 aromatic carbocycles. The van der Waals surface area contributed by atoms with Crippen LogP contribution >= 0.6 is 0 Å². The second kappa shape index (κ2) is 6.26. The molecule has 0 aliphatic heterocycles. The summed E-state index contributed by atoms with van der Waals surface area (Å²) in [5.41, 5.74) is -0.858. The van der Waals surface area contributed by atoms with Gasteiger partial charge in [-0.3, -0.25) is 0 Å². The molecule has 0 aromatic heterocycles. The van der Waals surface area contributed by atoms with Gasteiger partial charge in [0.15, 0.2) is 0 Å². The third kappa shape index (κ3) is 4.12. The molecule has 0 saturated heterocycles. The molecule has 0 radical (unpaired) electrons. The zero-order valence-electron chi connectivity index (χ0n) is 12.7. The molecule has 0 saturated carbocycles. The maximum Gasteiger partial charge on any atom is 0.573 e. The van der Waals surface area contributed by atoms with Gasteiger partial charge in [0.2, 0.25) is 0 Å². The molecule has 0 aliphatic rings. The van der Waals surface area contributed by atoms with Crippen molar-refractivity contribution in [2.75, 3.05) is 19.0 Å². The maximum atomic E-state index is 13.5. The second-order valence-corrected chi connectivity index (χ2v) is 5.16. The highest BCUT2D eigenvalue weighted by atomic mass is 19.4. The molecule has 2 rings (SSSR count). The van der Waals surface area contributed by atoms with Gasteiger partial charge in [-0.05, 0) is 29.3 Å². The first kappa shape index (κ1) is 18.0. The summed E-state index contributed by atoms with van der Waals surface area (Å²) < 4.78 is 80.5. The highest BCUT2D eigenvalue weighted by Gasteiger charge is 2.37. The monoisotopic (exact) mass is 349 g/mol. The fraction of sp³-hybridized carbons (Fsp3) is 0.250. The smallest absolute Gasteiger partial charge is 0.406 e. The molecule has 0 heterocycles. The molecule has 8 heteroatoms. The molecule has 0 bridgehead atoms. The van der Waals surface area contributed by atoms with Gasteiger partial charge in [0.1, 0.15) is 5.75 Å². The van der Waals surface area contributed by atoms with Crippen molar-refractivity contribution in [2.45, 2.75) is 12.5 Å². The van der Waals surface area contributed by atoms with E-state index in [2.05, 4.69) is 4.74 Å². The SMILES string of the molecule is CN(C)c1cccc(-c2ccc(OC(F)(F)F)cc2)c1C(F)(F)F. The van der Waals surface area contributed by atoms with Crippen LogP contribution in [0, 0.1) is 0 Å². The van der Waals surface area contributed by atoms with Crippen molar-refractivity contribution in [1.82, 2.24) is 0 Å². The van der Waals surface area contributed by atoms with Crippen LogP contribution in [0.15, 0.2) is 42.5 Å². The molecular weight excluding hydrogens is 336 g/mol. The van der Waals surface area contributed by atoms with Crippen LogP contribution in [-0.4, -0.2) is 20.5 Å². The molecule has 0 N–H and O–H groups in total. The first-order valence-corrected chi connectivity index (χ1v) is 6.73. The lowest BCUT2D eigenvalue weighted by Gasteiger charge is -2.22. The molecule has 0 atom stereocenters. The second-order valence-electron chi connectivity index (χ2n) is 5.16. The van der Waals surface area contributed by atoms with Gasteiger partial charge < -0.3 is 9.64 Å². The highest BCUT2D eigenvalue weighted by Crippen LogP contribution is 2.42. The van der Waals surface area contributed by atoms with Crippen molar-refractivity contribution in [3.8, 4) is 16.9 Å². The molecule has 0 amide bonds. The largest absolute Gasteiger partial charge is 0.573 e. The van der Waals surface area contributed by atoms with Gasteiger partial charge in [0.05, 0.1) is 5.56 Å². The van der Waals surface area contributed by atoms with E-state index in [1.165, 1.54) is 37.2 Å². The van der Waals surface area contributed by atoms with Gasteiger partial charge in [-0.15, -0.1) is 13.2 Å². The van der Waals surface area contributed by atoms with Crippen LogP contribution in [0.5, 0.6) is 5.75 Å². The Morgan fingerprint density at radius 2 is 1.42 bits per heavy atom. The Balaban J connectivity index is 2.51. The van der Waals surface area contributed by atoms with Gasteiger partial charge >= 0.3 is 12.5 Å². The third-order valence-corrected chi connectivity index (χ3v) is 3.21. The van der Waals surface area contributed by atoms with E-state index in [1.807, 2.05) is 0 Å². The summed E-state index contributed by atoms with van der Waals surface area (Å²) in [6, 6.07) is 8.33. The van der Waals surface area contributed by atoms with Gasteiger partial charge in [-0.25, -0.2) is 0 Å². The van der Waals surface area contributed by atoms with Crippen molar-refractivity contribution >= 4 is 5.69 Å². The number of benzene rings is 2. The van der Waals surface area contributed by atoms with Crippen molar-refractivity contribution < 1.29 is 31.1 Å². The van der Waals surface area contributed by atoms with E-state index < -0.39 is 23.9 Å². The van der Waals surface area contributed by atoms with E-state index in [-0.39, 0.29) is 16.8 Å². The van der Waals surface area contributed by atoms with Crippen LogP contribution in [0.25, 0.3) is 11.1 Å². The number of anilines is 1. The van der Waals surface area contributed by atoms with E-state index in [4.69, 9.17) is 0 Å². The molecule has 130 valence electrons. The number of ether oxygens (including phenoxy) is 1. The predicted octanol–water partition coefficient (Wildman–Crippen LogP) is 5.34. The van der Waals surface area contributed by atoms with Crippen LogP contribution in [0.1, 0.15) is 5.56 Å². The van der Waals surface area contributed by atoms with Crippen LogP contribution in [0.3, 0.4) is 0 Å². The summed E-state index contributed by atoms with van der Waals surface area (Å²) >= 11 is 0. The molecule has 2 aromatic rings. The molecule has 0 fully saturated rings. The molecule has 0 unspecified atom stereocenters. The number of alkyl halides is 6. The summed E-state index contributed by atoms with van der Waals surface area (Å²) in [4.78, 5) is 1.33. The topological polar surface area (TPSA) is 12.5 Å². The molecule has 24 heavy (non-hydrogen) atoms. The van der Waals surface area contributed by atoms with Crippen molar-refractivity contribution in [3.05, 3.63) is 48.0 Å². The average Bonchev–Trinajstić information content (AvgIpc) is 2.44. The lowest BCUT2D eigenvalue weighted by Crippen LogP contribution is -2.18. The summed E-state index contributed by atoms with van der Waals surface area (Å²) in [7, 11) is 2.96. The lowest BCUT2D eigenvalue weighted by molar-refractivity contribution is -0.274. The number of halogens is 6. The van der Waals surface area contributed by atoms with Crippen molar-refractivity contribution in [3.63, 3.8) is 0 Å². The first-order valence-electron chi connectivity index (χ1n) is 6.73. The maximum absolute atomic E-state index is 13.5. The van der Waals surface area contributed by atoms with Crippen LogP contribution in [-0.2, 0) is 6.18 Å². The zero-order valence-corrected chi connectivity index (χ0v) is 12.7. The zero-order chi connectivity index (χ0) is 18.1. The van der Waals surface area contributed by atoms with Crippen LogP contribution < -0.4 is 9.64 Å². The predicted molar refractivity (Wildman–Crippen MR) is 77.9 cm³/mol. The van der Waals surface area contributed by atoms with E-state index in [9.17, 15) is 26.3 Å². The lowest BCUT2D eigenvalue weighted by atomic mass is 9.97. The van der Waals surface area contributed by atoms with E-state index in [1.54, 1.807) is 0 Å². The first-order chi connectivity index (χ1) is 11.0. The van der Waals surface area contributed by atoms with Crippen LogP contribution in [0.2, 0.25) is 0 Å². The van der Waals surface area contributed by atoms with Gasteiger partial charge in [0, 0.05) is 19.8 Å². The number of hydrogen-bond acceptors (Lipinski definition) is 2. The summed E-state index contributed by atoms with van der Waals surface area (Å²) in [5, 5.41) is 0. The minimum atomic E-state index is -4.86. The quantitative estimate of drug-likeness (QED) is 0.694. The minimum Gasteiger partial charge on any atom is -0.406 e. The molecule has 0 spiro atoms. The molecule has 2 nitrogen and oxygen atoms in total. The van der Waals surface area contributed by atoms with Crippen molar-refractivity contribution in [2.24, 2.45) is 0 Å². The average molecular weight is 349 g/mol. The van der Waals surface area contributed by atoms with Crippen molar-refractivity contribution in [1.29, 1.82) is 0 Å². The minimum absolute atomic E-state index is 0.0318. The standard InChI is InChI=1S/C16H13F6NO/c1-23(2)13-5-3-4-12(14(13)15(17,18)19)10-6-8-11(9-7-10)24-16(20,21)22/h3-9H,1-2H3. The van der Waals surface area contributed by atoms with E-state index in [0.717, 1.165) is 24.3 Å². The van der Waals surface area contributed by atoms with Gasteiger partial charge in [0.25, 0.3) is 0 Å². The highest BCUT2D eigenvalue weighted by molar-refractivity contribution is 5.75. The van der Waals surface area contributed by atoms with E-state index in [0.29, 0.717) is 0 Å².